The lowest BCUT2D eigenvalue weighted by Crippen LogP contribution is -2.06. The zero-order valence-corrected chi connectivity index (χ0v) is 5.57. The van der Waals surface area contributed by atoms with Gasteiger partial charge in [0.15, 0.2) is 0 Å². The van der Waals surface area contributed by atoms with Gasteiger partial charge in [-0.25, -0.2) is 0 Å². The first-order chi connectivity index (χ1) is 4.93. The van der Waals surface area contributed by atoms with Crippen LogP contribution in [0.5, 0.6) is 0 Å². The van der Waals surface area contributed by atoms with Crippen LogP contribution in [-0.2, 0) is 6.18 Å². The molecule has 62 valence electrons. The number of nitrogens with zero attached hydrogens (tertiary/aromatic N) is 1. The van der Waals surface area contributed by atoms with Crippen LogP contribution in [0.3, 0.4) is 0 Å². The van der Waals surface area contributed by atoms with Crippen LogP contribution >= 0.6 is 0 Å². The van der Waals surface area contributed by atoms with Crippen molar-refractivity contribution < 1.29 is 17.7 Å². The van der Waals surface area contributed by atoms with Gasteiger partial charge >= 0.3 is 6.18 Å². The molecule has 0 radical (unpaired) electrons. The summed E-state index contributed by atoms with van der Waals surface area (Å²) in [6, 6.07) is 0. The first-order valence-corrected chi connectivity index (χ1v) is 2.72. The molecule has 0 aliphatic heterocycles. The van der Waals surface area contributed by atoms with E-state index in [9.17, 15) is 13.2 Å². The molecule has 0 fully saturated rings. The Bertz CT molecular complexity index is 265. The predicted octanol–water partition coefficient (Wildman–Crippen LogP) is 1.58. The summed E-state index contributed by atoms with van der Waals surface area (Å²) >= 11 is 0. The lowest BCUT2D eigenvalue weighted by atomic mass is 10.3. The predicted molar refractivity (Wildman–Crippen MR) is 30.7 cm³/mol. The van der Waals surface area contributed by atoms with Gasteiger partial charge in [-0.3, -0.25) is 0 Å². The van der Waals surface area contributed by atoms with Crippen LogP contribution in [0.15, 0.2) is 4.52 Å². The maximum atomic E-state index is 11.8. The Labute approximate surface area is 60.0 Å². The molecule has 0 amide bonds. The van der Waals surface area contributed by atoms with Gasteiger partial charge in [0, 0.05) is 0 Å². The van der Waals surface area contributed by atoms with E-state index in [1.165, 1.54) is 6.92 Å². The maximum Gasteiger partial charge on any atom is 0.454 e. The highest BCUT2D eigenvalue weighted by atomic mass is 19.4. The molecule has 0 unspecified atom stereocenters. The average molecular weight is 166 g/mol. The molecule has 3 nitrogen and oxygen atoms in total. The number of halogens is 3. The molecule has 0 aliphatic rings. The van der Waals surface area contributed by atoms with Crippen molar-refractivity contribution in [1.29, 1.82) is 0 Å². The largest absolute Gasteiger partial charge is 0.454 e. The van der Waals surface area contributed by atoms with E-state index < -0.39 is 17.6 Å². The van der Waals surface area contributed by atoms with E-state index in [-0.39, 0.29) is 5.69 Å². The Morgan fingerprint density at radius 2 is 2.00 bits per heavy atom. The van der Waals surface area contributed by atoms with E-state index in [2.05, 4.69) is 9.68 Å². The number of anilines is 1. The summed E-state index contributed by atoms with van der Waals surface area (Å²) in [5.41, 5.74) is 4.62. The molecule has 0 bridgehead atoms. The molecule has 0 aliphatic carbocycles. The van der Waals surface area contributed by atoms with E-state index in [0.29, 0.717) is 0 Å². The van der Waals surface area contributed by atoms with Crippen LogP contribution in [-0.4, -0.2) is 5.16 Å². The molecule has 6 heteroatoms. The van der Waals surface area contributed by atoms with E-state index in [1.807, 2.05) is 0 Å². The van der Waals surface area contributed by atoms with Crippen molar-refractivity contribution in [2.24, 2.45) is 0 Å². The monoisotopic (exact) mass is 166 g/mol. The van der Waals surface area contributed by atoms with Crippen LogP contribution in [0, 0.1) is 6.92 Å². The normalized spacial score (nSPS) is 12.0. The summed E-state index contributed by atoms with van der Waals surface area (Å²) in [6.45, 7) is 1.34. The first-order valence-electron chi connectivity index (χ1n) is 2.72. The van der Waals surface area contributed by atoms with Gasteiger partial charge < -0.3 is 10.3 Å². The summed E-state index contributed by atoms with van der Waals surface area (Å²) < 4.78 is 39.5. The number of aromatic nitrogens is 1. The topological polar surface area (TPSA) is 52.0 Å². The molecule has 0 saturated heterocycles. The van der Waals surface area contributed by atoms with Crippen LogP contribution in [0.2, 0.25) is 0 Å². The highest BCUT2D eigenvalue weighted by molar-refractivity contribution is 5.46. The third-order valence-electron chi connectivity index (χ3n) is 1.17. The van der Waals surface area contributed by atoms with Gasteiger partial charge in [-0.15, -0.1) is 0 Å². The van der Waals surface area contributed by atoms with Crippen molar-refractivity contribution in [3.05, 3.63) is 11.5 Å². The number of rotatable bonds is 0. The minimum Gasteiger partial charge on any atom is -0.394 e. The molecule has 2 N–H and O–H groups in total. The third kappa shape index (κ3) is 1.28. The Morgan fingerprint density at radius 1 is 1.45 bits per heavy atom. The number of nitrogens with two attached hydrogens (primary N) is 1. The Morgan fingerprint density at radius 3 is 2.18 bits per heavy atom. The molecule has 1 aromatic heterocycles. The fourth-order valence-corrected chi connectivity index (χ4v) is 0.581. The minimum absolute atomic E-state index is 0.0531. The molecule has 0 saturated carbocycles. The second-order valence-electron chi connectivity index (χ2n) is 2.01. The number of hydrogen-bond acceptors (Lipinski definition) is 3. The van der Waals surface area contributed by atoms with E-state index in [1.54, 1.807) is 0 Å². The van der Waals surface area contributed by atoms with Crippen LogP contribution in [0.25, 0.3) is 0 Å². The maximum absolute atomic E-state index is 11.8. The van der Waals surface area contributed by atoms with Gasteiger partial charge in [0.2, 0.25) is 0 Å². The van der Waals surface area contributed by atoms with Crippen LogP contribution in [0.4, 0.5) is 18.9 Å². The highest BCUT2D eigenvalue weighted by Gasteiger charge is 2.39. The Hall–Kier alpha value is -1.20. The summed E-state index contributed by atoms with van der Waals surface area (Å²) in [4.78, 5) is 0. The molecule has 0 aromatic carbocycles. The molecule has 1 rings (SSSR count). The van der Waals surface area contributed by atoms with Crippen molar-refractivity contribution >= 4 is 5.69 Å². The second-order valence-corrected chi connectivity index (χ2v) is 2.01. The van der Waals surface area contributed by atoms with E-state index in [4.69, 9.17) is 5.73 Å². The van der Waals surface area contributed by atoms with E-state index >= 15 is 0 Å². The van der Waals surface area contributed by atoms with Crippen LogP contribution < -0.4 is 5.73 Å². The summed E-state index contributed by atoms with van der Waals surface area (Å²) in [7, 11) is 0. The van der Waals surface area contributed by atoms with Gasteiger partial charge in [-0.05, 0) is 6.92 Å². The zero-order chi connectivity index (χ0) is 8.65. The fraction of sp³-hybridized carbons (Fsp3) is 0.400. The third-order valence-corrected chi connectivity index (χ3v) is 1.17. The zero-order valence-electron chi connectivity index (χ0n) is 5.57. The molecule has 11 heavy (non-hydrogen) atoms. The number of aryl methyl sites for hydroxylation is 1. The molecule has 1 aromatic rings. The van der Waals surface area contributed by atoms with Crippen molar-refractivity contribution in [2.75, 3.05) is 5.73 Å². The molecule has 0 spiro atoms. The van der Waals surface area contributed by atoms with Gasteiger partial charge in [0.05, 0.1) is 0 Å². The summed E-state index contributed by atoms with van der Waals surface area (Å²) in [5.74, 6) is -1.23. The smallest absolute Gasteiger partial charge is 0.394 e. The fourth-order valence-electron chi connectivity index (χ4n) is 0.581. The Balaban J connectivity index is 3.15. The second kappa shape index (κ2) is 2.14. The van der Waals surface area contributed by atoms with Crippen molar-refractivity contribution in [2.45, 2.75) is 13.1 Å². The molecule has 1 heterocycles. The number of hydrogen-bond donors (Lipinski definition) is 1. The van der Waals surface area contributed by atoms with Crippen LogP contribution in [0.1, 0.15) is 11.5 Å². The average Bonchev–Trinajstić information content (AvgIpc) is 2.11. The number of alkyl halides is 3. The Kier molecular flexibility index (Phi) is 1.54. The highest BCUT2D eigenvalue weighted by Crippen LogP contribution is 2.34. The van der Waals surface area contributed by atoms with Crippen molar-refractivity contribution in [3.63, 3.8) is 0 Å². The lowest BCUT2D eigenvalue weighted by Gasteiger charge is -2.00. The quantitative estimate of drug-likeness (QED) is 0.636. The molecular weight excluding hydrogens is 161 g/mol. The van der Waals surface area contributed by atoms with Crippen molar-refractivity contribution in [3.8, 4) is 0 Å². The summed E-state index contributed by atoms with van der Waals surface area (Å²) in [5, 5.41) is 3.06. The number of nitrogen functional groups attached to an aromatic ring is 1. The van der Waals surface area contributed by atoms with E-state index in [0.717, 1.165) is 0 Å². The van der Waals surface area contributed by atoms with Gasteiger partial charge in [-0.2, -0.15) is 13.2 Å². The lowest BCUT2D eigenvalue weighted by molar-refractivity contribution is -0.154. The van der Waals surface area contributed by atoms with Crippen molar-refractivity contribution in [1.82, 2.24) is 5.16 Å². The SMILES string of the molecule is Cc1noc(C(F)(F)F)c1N. The van der Waals surface area contributed by atoms with Gasteiger partial charge in [0.1, 0.15) is 11.4 Å². The molecule has 0 atom stereocenters. The van der Waals surface area contributed by atoms with Gasteiger partial charge in [-0.1, -0.05) is 5.16 Å². The minimum atomic E-state index is -4.55. The first kappa shape index (κ1) is 7.90. The standard InChI is InChI=1S/C5H5F3N2O/c1-2-3(9)4(11-10-2)5(6,7)8/h9H2,1H3. The molecular formula is C5H5F3N2O. The summed E-state index contributed by atoms with van der Waals surface area (Å²) in [6.07, 6.45) is -4.55. The van der Waals surface area contributed by atoms with Gasteiger partial charge in [0.25, 0.3) is 5.76 Å².